The van der Waals surface area contributed by atoms with E-state index in [1.807, 2.05) is 6.08 Å². The zero-order valence-electron chi connectivity index (χ0n) is 50.3. The first-order valence-electron chi connectivity index (χ1n) is 32.9. The van der Waals surface area contributed by atoms with E-state index in [1.165, 1.54) is 316 Å². The molecule has 0 radical (unpaired) electrons. The van der Waals surface area contributed by atoms with Gasteiger partial charge in [-0.15, -0.1) is 4.79 Å². The molecule has 0 saturated heterocycles. The minimum atomic E-state index is 0.962. The Hall–Kier alpha value is -2.00. The number of allylic oxidation sites excluding steroid dienone is 2. The Labute approximate surface area is 472 Å². The summed E-state index contributed by atoms with van der Waals surface area (Å²) in [4.78, 5) is 6.29. The van der Waals surface area contributed by atoms with Gasteiger partial charge in [-0.1, -0.05) is 212 Å². The van der Waals surface area contributed by atoms with Crippen molar-refractivity contribution >= 4 is 11.4 Å². The first kappa shape index (κ1) is 70.0. The van der Waals surface area contributed by atoms with Gasteiger partial charge in [0.2, 0.25) is 0 Å². The molecule has 3 heteroatoms. The Kier molecular flexibility index (Phi) is 54.1. The first-order chi connectivity index (χ1) is 36.6. The molecule has 2 aromatic rings. The van der Waals surface area contributed by atoms with Crippen molar-refractivity contribution in [3.63, 3.8) is 0 Å². The molecule has 74 heavy (non-hydrogen) atoms. The molecular formula is C71H124N2Pd. The van der Waals surface area contributed by atoms with Crippen molar-refractivity contribution in [1.29, 1.82) is 0 Å². The van der Waals surface area contributed by atoms with Gasteiger partial charge < -0.3 is 5.53 Å². The molecule has 0 bridgehead atoms. The van der Waals surface area contributed by atoms with Crippen LogP contribution in [0.15, 0.2) is 60.2 Å². The summed E-state index contributed by atoms with van der Waals surface area (Å²) in [6.45, 7) is 11.4. The molecular weight excluding hydrogens is 987 g/mol. The van der Waals surface area contributed by atoms with E-state index in [0.717, 1.165) is 43.7 Å². The Morgan fingerprint density at radius 2 is 0.676 bits per heavy atom. The number of benzene rings is 2. The fourth-order valence-corrected chi connectivity index (χ4v) is 12.5. The van der Waals surface area contributed by atoms with Crippen LogP contribution in [-0.2, 0) is 30.8 Å². The monoisotopic (exact) mass is 1110 g/mol. The Morgan fingerprint density at radius 3 is 1.01 bits per heavy atom. The molecule has 2 nitrogen and oxygen atoms in total. The fourth-order valence-electron chi connectivity index (χ4n) is 10.6. The predicted octanol–water partition coefficient (Wildman–Crippen LogP) is 25.0. The molecule has 0 saturated carbocycles. The van der Waals surface area contributed by atoms with Crippen molar-refractivity contribution in [2.45, 2.75) is 353 Å². The van der Waals surface area contributed by atoms with E-state index in [1.54, 1.807) is 9.79 Å². The van der Waals surface area contributed by atoms with Gasteiger partial charge in [0, 0.05) is 0 Å². The standard InChI is InChI=1S/C33H46N2.2C19H39.Pd/c1-4-7-10-11-12-14-21-30(24-25-35-34)33(31-22-15-19-28(26-31)17-9-6-3)32-23-16-20-29(27-32)18-13-8-5-2;2*1-3-5-7-9-11-13-15-17-19-18-16-14-12-10-8-6-4-2;/h15-16,19-20,22-24,26-27H,4-14,17-18,21H2,1-3H3;2*1,3-19H2,2H3;. The number of unbranched alkanes of at least 4 members (excludes halogenated alkanes) is 40. The van der Waals surface area contributed by atoms with Gasteiger partial charge in [-0.3, -0.25) is 0 Å². The van der Waals surface area contributed by atoms with Crippen LogP contribution in [0.4, 0.5) is 0 Å². The molecule has 0 amide bonds. The molecule has 0 fully saturated rings. The van der Waals surface area contributed by atoms with Crippen LogP contribution in [-0.4, -0.2) is 10.7 Å². The van der Waals surface area contributed by atoms with E-state index in [0.29, 0.717) is 0 Å². The average Bonchev–Trinajstić information content (AvgIpc) is 3.42. The third-order valence-electron chi connectivity index (χ3n) is 15.4. The van der Waals surface area contributed by atoms with Gasteiger partial charge in [-0.2, -0.15) is 0 Å². The summed E-state index contributed by atoms with van der Waals surface area (Å²) in [7, 11) is 0. The van der Waals surface area contributed by atoms with E-state index < -0.39 is 0 Å². The summed E-state index contributed by atoms with van der Waals surface area (Å²) in [5.41, 5.74) is 16.9. The van der Waals surface area contributed by atoms with Crippen LogP contribution in [0.2, 0.25) is 9.79 Å². The topological polar surface area (TPSA) is 36.4 Å². The molecule has 2 aromatic carbocycles. The van der Waals surface area contributed by atoms with Crippen molar-refractivity contribution in [1.82, 2.24) is 0 Å². The molecule has 0 aliphatic carbocycles. The second-order valence-electron chi connectivity index (χ2n) is 22.5. The van der Waals surface area contributed by atoms with Crippen LogP contribution in [0.1, 0.15) is 352 Å². The normalized spacial score (nSPS) is 11.6. The third-order valence-corrected chi connectivity index (χ3v) is 17.6. The Balaban J connectivity index is 0.000000743. The number of hydrogen-bond acceptors (Lipinski definition) is 0. The third kappa shape index (κ3) is 44.0. The van der Waals surface area contributed by atoms with Gasteiger partial charge >= 0.3 is 169 Å². The van der Waals surface area contributed by atoms with E-state index in [2.05, 4.69) is 93.8 Å². The summed E-state index contributed by atoms with van der Waals surface area (Å²) in [5.74, 6) is 2.73. The Bertz CT molecular complexity index is 1560. The van der Waals surface area contributed by atoms with Crippen molar-refractivity contribution < 1.29 is 22.8 Å². The summed E-state index contributed by atoms with van der Waals surface area (Å²) < 4.78 is 0. The van der Waals surface area contributed by atoms with Crippen LogP contribution < -0.4 is 0 Å². The van der Waals surface area contributed by atoms with Gasteiger partial charge in [0.1, 0.15) is 0 Å². The van der Waals surface area contributed by atoms with Gasteiger partial charge in [0.15, 0.2) is 0 Å². The van der Waals surface area contributed by atoms with Crippen LogP contribution in [0.3, 0.4) is 0 Å². The number of aryl methyl sites for hydroxylation is 2. The molecule has 0 atom stereocenters. The van der Waals surface area contributed by atoms with Crippen LogP contribution in [0, 0.1) is 0 Å². The summed E-state index contributed by atoms with van der Waals surface area (Å²) in [6, 6.07) is 18.1. The summed E-state index contributed by atoms with van der Waals surface area (Å²) in [5, 5.41) is 0. The molecule has 0 unspecified atom stereocenters. The van der Waals surface area contributed by atoms with Gasteiger partial charge in [0.25, 0.3) is 5.87 Å². The molecule has 0 spiro atoms. The van der Waals surface area contributed by atoms with Crippen molar-refractivity contribution in [2.75, 3.05) is 0 Å². The Morgan fingerprint density at radius 1 is 0.378 bits per heavy atom. The van der Waals surface area contributed by atoms with E-state index >= 15 is 0 Å². The van der Waals surface area contributed by atoms with Crippen LogP contribution >= 0.6 is 0 Å². The predicted molar refractivity (Wildman–Crippen MR) is 330 cm³/mol. The smallest absolute Gasteiger partial charge is 0.0654 e. The molecule has 0 aromatic heterocycles. The van der Waals surface area contributed by atoms with E-state index in [4.69, 9.17) is 0 Å². The van der Waals surface area contributed by atoms with Crippen molar-refractivity contribution in [3.05, 3.63) is 88.0 Å². The number of hydrogen-bond donors (Lipinski definition) is 0. The van der Waals surface area contributed by atoms with Crippen molar-refractivity contribution in [2.24, 2.45) is 0 Å². The second kappa shape index (κ2) is 57.2. The van der Waals surface area contributed by atoms with E-state index in [-0.39, 0.29) is 0 Å². The minimum Gasteiger partial charge on any atom is -0.0654 e. The second-order valence-corrected chi connectivity index (χ2v) is 24.9. The molecule has 2 rings (SSSR count). The molecule has 0 heterocycles. The first-order valence-corrected chi connectivity index (χ1v) is 35.1. The summed E-state index contributed by atoms with van der Waals surface area (Å²) in [6.07, 6.45) is 69.3. The molecule has 0 N–H and O–H groups in total. The van der Waals surface area contributed by atoms with Crippen molar-refractivity contribution in [3.8, 4) is 0 Å². The maximum atomic E-state index is 9.17. The van der Waals surface area contributed by atoms with Gasteiger partial charge in [0.05, 0.1) is 6.08 Å². The maximum absolute atomic E-state index is 9.17. The molecule has 0 aliphatic heterocycles. The molecule has 0 aliphatic rings. The van der Waals surface area contributed by atoms with E-state index in [9.17, 15) is 5.53 Å². The zero-order valence-corrected chi connectivity index (χ0v) is 51.8. The van der Waals surface area contributed by atoms with Gasteiger partial charge in [-0.25, -0.2) is 0 Å². The minimum absolute atomic E-state index is 0.962. The number of nitrogens with zero attached hydrogens (tertiary/aromatic N) is 2. The fraction of sp³-hybridized carbons (Fsp3) is 0.775. The van der Waals surface area contributed by atoms with Gasteiger partial charge in [-0.05, 0) is 71.9 Å². The van der Waals surface area contributed by atoms with Crippen LogP contribution in [0.25, 0.3) is 11.1 Å². The number of rotatable bonds is 53. The summed E-state index contributed by atoms with van der Waals surface area (Å²) >= 11 is 1.06. The molecule has 428 valence electrons. The average molecular weight is 1110 g/mol. The zero-order chi connectivity index (χ0) is 53.3. The quantitative estimate of drug-likeness (QED) is 0.0158. The van der Waals surface area contributed by atoms with Crippen LogP contribution in [0.5, 0.6) is 0 Å². The SMILES string of the molecule is CCCCCCCCC(C=C=[N+]=[N-])=C(c1cccc(CCCC)c1)c1cccc(CCCCC)c1.CCCCCCCCCCCCCCCCCC[CH2][Pd][CH2]CCCCCCCCCCCCCCCCCC.